The van der Waals surface area contributed by atoms with Crippen LogP contribution >= 0.6 is 12.4 Å². The molecular weight excluding hydrogens is 252 g/mol. The largest absolute Gasteiger partial charge is 0.353 e. The van der Waals surface area contributed by atoms with E-state index >= 15 is 0 Å². The summed E-state index contributed by atoms with van der Waals surface area (Å²) in [5.41, 5.74) is 5.60. The Morgan fingerprint density at radius 2 is 2.00 bits per heavy atom. The van der Waals surface area contributed by atoms with E-state index in [9.17, 15) is 4.79 Å². The molecule has 1 aliphatic rings. The topological polar surface area (TPSA) is 62.5 Å². The molecule has 0 saturated carbocycles. The molecule has 1 aromatic heterocycles. The van der Waals surface area contributed by atoms with Gasteiger partial charge in [-0.1, -0.05) is 6.07 Å². The summed E-state index contributed by atoms with van der Waals surface area (Å²) in [7, 11) is 0. The smallest absolute Gasteiger partial charge is 0.239 e. The molecule has 0 spiro atoms. The van der Waals surface area contributed by atoms with E-state index in [0.717, 1.165) is 32.0 Å². The summed E-state index contributed by atoms with van der Waals surface area (Å²) in [5.74, 6) is 1.01. The lowest BCUT2D eigenvalue weighted by molar-refractivity contribution is -0.132. The van der Waals surface area contributed by atoms with Crippen LogP contribution in [0.4, 0.5) is 5.82 Å². The van der Waals surface area contributed by atoms with Crippen molar-refractivity contribution >= 4 is 24.1 Å². The molecule has 0 radical (unpaired) electrons. The van der Waals surface area contributed by atoms with Gasteiger partial charge in [0.2, 0.25) is 5.91 Å². The van der Waals surface area contributed by atoms with Gasteiger partial charge in [-0.2, -0.15) is 0 Å². The fourth-order valence-corrected chi connectivity index (χ4v) is 1.98. The number of carbonyl (C=O) groups excluding carboxylic acids is 1. The Bertz CT molecular complexity index is 377. The van der Waals surface area contributed by atoms with Gasteiger partial charge in [-0.25, -0.2) is 4.98 Å². The van der Waals surface area contributed by atoms with Gasteiger partial charge in [0.15, 0.2) is 0 Å². The zero-order valence-corrected chi connectivity index (χ0v) is 11.3. The van der Waals surface area contributed by atoms with Crippen LogP contribution < -0.4 is 10.6 Å². The lowest BCUT2D eigenvalue weighted by Crippen LogP contribution is -2.52. The third-order valence-electron chi connectivity index (χ3n) is 2.95. The zero-order valence-electron chi connectivity index (χ0n) is 10.5. The molecular formula is C12H19ClN4O. The predicted molar refractivity (Wildman–Crippen MR) is 73.9 cm³/mol. The van der Waals surface area contributed by atoms with Crippen molar-refractivity contribution in [3.05, 3.63) is 24.4 Å². The van der Waals surface area contributed by atoms with Crippen LogP contribution in [-0.4, -0.2) is 48.0 Å². The maximum absolute atomic E-state index is 11.7. The molecule has 1 aliphatic heterocycles. The van der Waals surface area contributed by atoms with Gasteiger partial charge in [-0.05, 0) is 19.1 Å². The average molecular weight is 271 g/mol. The normalized spacial score (nSPS) is 17.0. The van der Waals surface area contributed by atoms with Crippen molar-refractivity contribution in [2.45, 2.75) is 13.0 Å². The maximum atomic E-state index is 11.7. The van der Waals surface area contributed by atoms with E-state index in [1.807, 2.05) is 23.1 Å². The first kappa shape index (κ1) is 14.7. The van der Waals surface area contributed by atoms with Crippen LogP contribution in [0.25, 0.3) is 0 Å². The fourth-order valence-electron chi connectivity index (χ4n) is 1.98. The molecule has 1 atom stereocenters. The molecule has 18 heavy (non-hydrogen) atoms. The first-order valence-corrected chi connectivity index (χ1v) is 5.89. The monoisotopic (exact) mass is 270 g/mol. The summed E-state index contributed by atoms with van der Waals surface area (Å²) >= 11 is 0. The van der Waals surface area contributed by atoms with Crippen LogP contribution in [0.5, 0.6) is 0 Å². The minimum atomic E-state index is -0.406. The van der Waals surface area contributed by atoms with Gasteiger partial charge in [-0.15, -0.1) is 12.4 Å². The van der Waals surface area contributed by atoms with E-state index in [2.05, 4.69) is 9.88 Å². The van der Waals surface area contributed by atoms with Crippen molar-refractivity contribution in [2.24, 2.45) is 5.73 Å². The summed E-state index contributed by atoms with van der Waals surface area (Å²) in [4.78, 5) is 20.0. The van der Waals surface area contributed by atoms with Gasteiger partial charge in [0.1, 0.15) is 5.82 Å². The van der Waals surface area contributed by atoms with Crippen LogP contribution in [0.1, 0.15) is 6.92 Å². The van der Waals surface area contributed by atoms with Crippen LogP contribution in [-0.2, 0) is 4.79 Å². The summed E-state index contributed by atoms with van der Waals surface area (Å²) in [6.45, 7) is 4.80. The summed E-state index contributed by atoms with van der Waals surface area (Å²) < 4.78 is 0. The van der Waals surface area contributed by atoms with E-state index in [-0.39, 0.29) is 18.3 Å². The number of rotatable bonds is 2. The van der Waals surface area contributed by atoms with Gasteiger partial charge >= 0.3 is 0 Å². The van der Waals surface area contributed by atoms with E-state index < -0.39 is 6.04 Å². The Labute approximate surface area is 113 Å². The molecule has 2 N–H and O–H groups in total. The molecule has 100 valence electrons. The highest BCUT2D eigenvalue weighted by Gasteiger charge is 2.23. The summed E-state index contributed by atoms with van der Waals surface area (Å²) in [6, 6.07) is 5.46. The molecule has 1 aromatic rings. The molecule has 1 fully saturated rings. The molecule has 2 heterocycles. The van der Waals surface area contributed by atoms with Gasteiger partial charge in [0.05, 0.1) is 6.04 Å². The van der Waals surface area contributed by atoms with Crippen molar-refractivity contribution in [3.63, 3.8) is 0 Å². The van der Waals surface area contributed by atoms with E-state index in [4.69, 9.17) is 5.73 Å². The Morgan fingerprint density at radius 1 is 1.33 bits per heavy atom. The average Bonchev–Trinajstić information content (AvgIpc) is 2.39. The number of anilines is 1. The highest BCUT2D eigenvalue weighted by Crippen LogP contribution is 2.12. The maximum Gasteiger partial charge on any atom is 0.239 e. The number of pyridine rings is 1. The van der Waals surface area contributed by atoms with E-state index in [1.54, 1.807) is 13.1 Å². The SMILES string of the molecule is CC(N)C(=O)N1CCN(c2ccccn2)CC1.Cl. The molecule has 6 heteroatoms. The minimum absolute atomic E-state index is 0. The first-order chi connectivity index (χ1) is 8.18. The zero-order chi connectivity index (χ0) is 12.3. The molecule has 1 amide bonds. The highest BCUT2D eigenvalue weighted by molar-refractivity contribution is 5.85. The number of hydrogen-bond acceptors (Lipinski definition) is 4. The van der Waals surface area contributed by atoms with Crippen LogP contribution in [0, 0.1) is 0 Å². The fraction of sp³-hybridized carbons (Fsp3) is 0.500. The van der Waals surface area contributed by atoms with Gasteiger partial charge < -0.3 is 15.5 Å². The second kappa shape index (κ2) is 6.56. The predicted octanol–water partition coefficient (Wildman–Crippen LogP) is 0.499. The van der Waals surface area contributed by atoms with Gasteiger partial charge in [0, 0.05) is 32.4 Å². The molecule has 5 nitrogen and oxygen atoms in total. The standard InChI is InChI=1S/C12H18N4O.ClH/c1-10(13)12(17)16-8-6-15(7-9-16)11-4-2-3-5-14-11;/h2-5,10H,6-9,13H2,1H3;1H. The van der Waals surface area contributed by atoms with Crippen LogP contribution in [0.3, 0.4) is 0 Å². The van der Waals surface area contributed by atoms with Crippen molar-refractivity contribution in [1.82, 2.24) is 9.88 Å². The Hall–Kier alpha value is -1.33. The van der Waals surface area contributed by atoms with Crippen molar-refractivity contribution in [3.8, 4) is 0 Å². The third kappa shape index (κ3) is 3.34. The number of aromatic nitrogens is 1. The van der Waals surface area contributed by atoms with Gasteiger partial charge in [-0.3, -0.25) is 4.79 Å². The number of amides is 1. The molecule has 0 aromatic carbocycles. The highest BCUT2D eigenvalue weighted by atomic mass is 35.5. The van der Waals surface area contributed by atoms with Gasteiger partial charge in [0.25, 0.3) is 0 Å². The molecule has 0 bridgehead atoms. The van der Waals surface area contributed by atoms with E-state index in [0.29, 0.717) is 0 Å². The Kier molecular flexibility index (Phi) is 5.37. The number of nitrogens with two attached hydrogens (primary N) is 1. The lowest BCUT2D eigenvalue weighted by atomic mass is 10.2. The summed E-state index contributed by atoms with van der Waals surface area (Å²) in [5, 5.41) is 0. The number of piperazine rings is 1. The van der Waals surface area contributed by atoms with Crippen molar-refractivity contribution < 1.29 is 4.79 Å². The van der Waals surface area contributed by atoms with Crippen LogP contribution in [0.2, 0.25) is 0 Å². The molecule has 2 rings (SSSR count). The van der Waals surface area contributed by atoms with Crippen molar-refractivity contribution in [1.29, 1.82) is 0 Å². The van der Waals surface area contributed by atoms with E-state index in [1.165, 1.54) is 0 Å². The molecule has 1 saturated heterocycles. The number of carbonyl (C=O) groups is 1. The third-order valence-corrected chi connectivity index (χ3v) is 2.95. The molecule has 1 unspecified atom stereocenters. The quantitative estimate of drug-likeness (QED) is 0.850. The van der Waals surface area contributed by atoms with Crippen LogP contribution in [0.15, 0.2) is 24.4 Å². The lowest BCUT2D eigenvalue weighted by Gasteiger charge is -2.36. The van der Waals surface area contributed by atoms with Crippen molar-refractivity contribution in [2.75, 3.05) is 31.1 Å². The number of nitrogens with zero attached hydrogens (tertiary/aromatic N) is 3. The summed E-state index contributed by atoms with van der Waals surface area (Å²) in [6.07, 6.45) is 1.79. The number of hydrogen-bond donors (Lipinski definition) is 1. The number of halogens is 1. The minimum Gasteiger partial charge on any atom is -0.353 e. The first-order valence-electron chi connectivity index (χ1n) is 5.89. The molecule has 0 aliphatic carbocycles. The Morgan fingerprint density at radius 3 is 2.50 bits per heavy atom. The second-order valence-corrected chi connectivity index (χ2v) is 4.29. The Balaban J connectivity index is 0.00000162. The second-order valence-electron chi connectivity index (χ2n) is 4.29.